The van der Waals surface area contributed by atoms with Gasteiger partial charge in [0, 0.05) is 40.8 Å². The Bertz CT molecular complexity index is 1260. The maximum Gasteiger partial charge on any atom is 0.228 e. The van der Waals surface area contributed by atoms with Crippen LogP contribution in [0.3, 0.4) is 0 Å². The van der Waals surface area contributed by atoms with Gasteiger partial charge in [0.2, 0.25) is 12.7 Å². The van der Waals surface area contributed by atoms with Gasteiger partial charge in [-0.3, -0.25) is 0 Å². The van der Waals surface area contributed by atoms with Crippen LogP contribution >= 0.6 is 0 Å². The van der Waals surface area contributed by atoms with Crippen LogP contribution in [0.15, 0.2) is 60.8 Å². The first-order valence-electron chi connectivity index (χ1n) is 9.62. The molecule has 0 spiro atoms. The van der Waals surface area contributed by atoms with Crippen molar-refractivity contribution in [3.63, 3.8) is 0 Å². The summed E-state index contributed by atoms with van der Waals surface area (Å²) in [5.41, 5.74) is 4.58. The third kappa shape index (κ3) is 3.93. The number of halogens is 1. The third-order valence-corrected chi connectivity index (χ3v) is 5.14. The molecule has 0 saturated heterocycles. The Morgan fingerprint density at radius 1 is 1.16 bits per heavy atom. The van der Waals surface area contributed by atoms with Crippen LogP contribution < -0.4 is 9.47 Å². The molecule has 0 bridgehead atoms. The van der Waals surface area contributed by atoms with Crippen LogP contribution in [-0.2, 0) is 13.2 Å². The lowest BCUT2D eigenvalue weighted by Crippen LogP contribution is -2.05. The second kappa shape index (κ2) is 8.86. The first kappa shape index (κ1) is 20.4. The van der Waals surface area contributed by atoms with Crippen LogP contribution in [0, 0.1) is 11.3 Å². The summed E-state index contributed by atoms with van der Waals surface area (Å²) in [5.74, 6) is 0.925. The molecule has 2 heterocycles. The smallest absolute Gasteiger partial charge is 0.228 e. The predicted octanol–water partition coefficient (Wildman–Crippen LogP) is 4.43. The standard InChI is InChI=1S/C24H20FN3O3/c1-30-23-8-6-18(12-27-23)24-20-10-16(11-26)5-7-21(20)28(22(24)14-29)13-17-3-2-4-19(9-17)31-15-25/h2-10,12,29H,13-15H2,1H3. The lowest BCUT2D eigenvalue weighted by Gasteiger charge is -2.12. The molecule has 2 aromatic heterocycles. The van der Waals surface area contributed by atoms with Gasteiger partial charge in [-0.05, 0) is 42.0 Å². The average Bonchev–Trinajstić information content (AvgIpc) is 3.12. The molecule has 0 unspecified atom stereocenters. The van der Waals surface area contributed by atoms with Crippen LogP contribution in [0.25, 0.3) is 22.0 Å². The summed E-state index contributed by atoms with van der Waals surface area (Å²) in [5, 5.41) is 20.5. The summed E-state index contributed by atoms with van der Waals surface area (Å²) in [6, 6.07) is 18.4. The van der Waals surface area contributed by atoms with Gasteiger partial charge in [0.05, 0.1) is 31.0 Å². The van der Waals surface area contributed by atoms with Crippen LogP contribution in [0.4, 0.5) is 4.39 Å². The zero-order valence-electron chi connectivity index (χ0n) is 16.9. The van der Waals surface area contributed by atoms with E-state index >= 15 is 0 Å². The molecule has 0 aliphatic heterocycles. The van der Waals surface area contributed by atoms with Gasteiger partial charge in [0.25, 0.3) is 0 Å². The first-order chi connectivity index (χ1) is 15.2. The van der Waals surface area contributed by atoms with Crippen LogP contribution in [0.1, 0.15) is 16.8 Å². The van der Waals surface area contributed by atoms with Crippen molar-refractivity contribution in [1.29, 1.82) is 5.26 Å². The highest BCUT2D eigenvalue weighted by atomic mass is 19.1. The minimum absolute atomic E-state index is 0.210. The van der Waals surface area contributed by atoms with E-state index in [0.29, 0.717) is 29.4 Å². The molecule has 4 aromatic rings. The second-order valence-electron chi connectivity index (χ2n) is 6.90. The number of nitriles is 1. The molecule has 7 heteroatoms. The molecular weight excluding hydrogens is 397 g/mol. The van der Waals surface area contributed by atoms with Gasteiger partial charge < -0.3 is 19.1 Å². The molecule has 0 aliphatic carbocycles. The number of hydrogen-bond donors (Lipinski definition) is 1. The van der Waals surface area contributed by atoms with Crippen molar-refractivity contribution in [3.05, 3.63) is 77.6 Å². The van der Waals surface area contributed by atoms with Crippen LogP contribution in [0.2, 0.25) is 0 Å². The molecule has 0 amide bonds. The summed E-state index contributed by atoms with van der Waals surface area (Å²) in [6.07, 6.45) is 1.69. The number of methoxy groups -OCH3 is 1. The van der Waals surface area contributed by atoms with Crippen LogP contribution in [-0.4, -0.2) is 28.6 Å². The molecule has 0 fully saturated rings. The number of hydrogen-bond acceptors (Lipinski definition) is 5. The number of rotatable bonds is 7. The highest BCUT2D eigenvalue weighted by Gasteiger charge is 2.19. The number of pyridine rings is 1. The van der Waals surface area contributed by atoms with Gasteiger partial charge in [-0.15, -0.1) is 0 Å². The van der Waals surface area contributed by atoms with Crippen molar-refractivity contribution in [1.82, 2.24) is 9.55 Å². The van der Waals surface area contributed by atoms with Gasteiger partial charge in [0.15, 0.2) is 0 Å². The number of ether oxygens (including phenoxy) is 2. The first-order valence-corrected chi connectivity index (χ1v) is 9.62. The Balaban J connectivity index is 1.91. The van der Waals surface area contributed by atoms with E-state index in [4.69, 9.17) is 9.47 Å². The minimum Gasteiger partial charge on any atom is -0.481 e. The van der Waals surface area contributed by atoms with E-state index in [1.807, 2.05) is 28.8 Å². The van der Waals surface area contributed by atoms with Crippen molar-refractivity contribution < 1.29 is 19.0 Å². The maximum absolute atomic E-state index is 12.6. The summed E-state index contributed by atoms with van der Waals surface area (Å²) in [4.78, 5) is 4.29. The van der Waals surface area contributed by atoms with Gasteiger partial charge >= 0.3 is 0 Å². The van der Waals surface area contributed by atoms with Gasteiger partial charge in [-0.25, -0.2) is 9.37 Å². The van der Waals surface area contributed by atoms with Crippen molar-refractivity contribution in [2.45, 2.75) is 13.2 Å². The molecule has 0 saturated carbocycles. The normalized spacial score (nSPS) is 10.8. The van der Waals surface area contributed by atoms with Crippen molar-refractivity contribution in [3.8, 4) is 28.8 Å². The minimum atomic E-state index is -0.899. The third-order valence-electron chi connectivity index (χ3n) is 5.14. The zero-order chi connectivity index (χ0) is 21.8. The Hall–Kier alpha value is -3.89. The van der Waals surface area contributed by atoms with Gasteiger partial charge in [-0.1, -0.05) is 12.1 Å². The fourth-order valence-corrected chi connectivity index (χ4v) is 3.77. The van der Waals surface area contributed by atoms with E-state index in [9.17, 15) is 14.8 Å². The topological polar surface area (TPSA) is 80.3 Å². The Labute approximate surface area is 178 Å². The number of fused-ring (bicyclic) bond motifs is 1. The van der Waals surface area contributed by atoms with E-state index in [-0.39, 0.29) is 6.61 Å². The quantitative estimate of drug-likeness (QED) is 0.481. The van der Waals surface area contributed by atoms with Crippen molar-refractivity contribution >= 4 is 10.9 Å². The van der Waals surface area contributed by atoms with E-state index < -0.39 is 6.86 Å². The number of aliphatic hydroxyl groups is 1. The van der Waals surface area contributed by atoms with E-state index in [2.05, 4.69) is 11.1 Å². The Morgan fingerprint density at radius 2 is 2.03 bits per heavy atom. The summed E-state index contributed by atoms with van der Waals surface area (Å²) in [6.45, 7) is -0.673. The number of aliphatic hydroxyl groups excluding tert-OH is 1. The maximum atomic E-state index is 12.6. The molecule has 0 radical (unpaired) electrons. The van der Waals surface area contributed by atoms with E-state index in [0.717, 1.165) is 27.6 Å². The lowest BCUT2D eigenvalue weighted by molar-refractivity contribution is 0.191. The summed E-state index contributed by atoms with van der Waals surface area (Å²) >= 11 is 0. The number of alkyl halides is 1. The number of nitrogens with zero attached hydrogens (tertiary/aromatic N) is 3. The lowest BCUT2D eigenvalue weighted by atomic mass is 10.0. The van der Waals surface area contributed by atoms with E-state index in [1.165, 1.54) is 0 Å². The fraction of sp³-hybridized carbons (Fsp3) is 0.167. The molecule has 4 rings (SSSR count). The predicted molar refractivity (Wildman–Crippen MR) is 115 cm³/mol. The molecule has 1 N–H and O–H groups in total. The average molecular weight is 417 g/mol. The van der Waals surface area contributed by atoms with E-state index in [1.54, 1.807) is 43.6 Å². The molecule has 2 aromatic carbocycles. The molecule has 0 atom stereocenters. The van der Waals surface area contributed by atoms with Gasteiger partial charge in [0.1, 0.15) is 5.75 Å². The molecule has 0 aliphatic rings. The highest BCUT2D eigenvalue weighted by Crippen LogP contribution is 2.36. The highest BCUT2D eigenvalue weighted by molar-refractivity contribution is 5.98. The summed E-state index contributed by atoms with van der Waals surface area (Å²) < 4.78 is 24.7. The zero-order valence-corrected chi connectivity index (χ0v) is 16.9. The fourth-order valence-electron chi connectivity index (χ4n) is 3.77. The van der Waals surface area contributed by atoms with Gasteiger partial charge in [-0.2, -0.15) is 5.26 Å². The SMILES string of the molecule is COc1ccc(-c2c(CO)n(Cc3cccc(OCF)c3)c3ccc(C#N)cc23)cn1. The molecular formula is C24H20FN3O3. The van der Waals surface area contributed by atoms with Crippen molar-refractivity contribution in [2.75, 3.05) is 14.0 Å². The Morgan fingerprint density at radius 3 is 2.71 bits per heavy atom. The van der Waals surface area contributed by atoms with Crippen LogP contribution in [0.5, 0.6) is 11.6 Å². The number of benzene rings is 2. The summed E-state index contributed by atoms with van der Waals surface area (Å²) in [7, 11) is 1.55. The molecule has 6 nitrogen and oxygen atoms in total. The largest absolute Gasteiger partial charge is 0.481 e. The molecule has 31 heavy (non-hydrogen) atoms. The number of aromatic nitrogens is 2. The second-order valence-corrected chi connectivity index (χ2v) is 6.90. The Kier molecular flexibility index (Phi) is 5.83. The molecule has 156 valence electrons. The monoisotopic (exact) mass is 417 g/mol. The van der Waals surface area contributed by atoms with Crippen molar-refractivity contribution in [2.24, 2.45) is 0 Å².